The van der Waals surface area contributed by atoms with Crippen LogP contribution in [0.15, 0.2) is 60.1 Å². The molecule has 2 aromatic heterocycles. The van der Waals surface area contributed by atoms with E-state index in [9.17, 15) is 4.79 Å². The number of benzene rings is 1. The van der Waals surface area contributed by atoms with Gasteiger partial charge < -0.3 is 10.2 Å². The molecule has 3 aromatic rings. The van der Waals surface area contributed by atoms with E-state index in [0.717, 1.165) is 22.1 Å². The molecule has 0 saturated heterocycles. The summed E-state index contributed by atoms with van der Waals surface area (Å²) in [5.74, 6) is -0.0174. The highest BCUT2D eigenvalue weighted by molar-refractivity contribution is 7.13. The van der Waals surface area contributed by atoms with Gasteiger partial charge in [-0.05, 0) is 31.2 Å². The third-order valence-corrected chi connectivity index (χ3v) is 5.11. The van der Waals surface area contributed by atoms with E-state index < -0.39 is 0 Å². The van der Waals surface area contributed by atoms with Crippen molar-refractivity contribution in [3.8, 4) is 10.7 Å². The molecule has 3 rings (SSSR count). The SMILES string of the molecule is CC(CNC(=O)Cc1csc(-c2ccccn2)n1)N(C)c1ccccc1. The number of nitrogens with one attached hydrogen (secondary N) is 1. The van der Waals surface area contributed by atoms with Gasteiger partial charge in [0.25, 0.3) is 0 Å². The molecule has 0 spiro atoms. The fourth-order valence-electron chi connectivity index (χ4n) is 2.54. The summed E-state index contributed by atoms with van der Waals surface area (Å²) in [6, 6.07) is 16.1. The van der Waals surface area contributed by atoms with Gasteiger partial charge in [0.1, 0.15) is 5.01 Å². The van der Waals surface area contributed by atoms with E-state index in [4.69, 9.17) is 0 Å². The molecule has 0 aliphatic rings. The number of anilines is 1. The third kappa shape index (κ3) is 4.67. The second kappa shape index (κ2) is 8.58. The van der Waals surface area contributed by atoms with Crippen LogP contribution >= 0.6 is 11.3 Å². The Morgan fingerprint density at radius 3 is 2.69 bits per heavy atom. The van der Waals surface area contributed by atoms with Gasteiger partial charge in [-0.15, -0.1) is 11.3 Å². The molecule has 0 fully saturated rings. The van der Waals surface area contributed by atoms with E-state index in [1.807, 2.05) is 48.8 Å². The highest BCUT2D eigenvalue weighted by Crippen LogP contribution is 2.21. The summed E-state index contributed by atoms with van der Waals surface area (Å²) in [4.78, 5) is 23.2. The summed E-state index contributed by atoms with van der Waals surface area (Å²) >= 11 is 1.51. The molecular formula is C20H22N4OS. The van der Waals surface area contributed by atoms with Gasteiger partial charge in [-0.1, -0.05) is 24.3 Å². The second-order valence-electron chi connectivity index (χ2n) is 6.14. The maximum Gasteiger partial charge on any atom is 0.226 e. The molecule has 1 amide bonds. The average Bonchev–Trinajstić information content (AvgIpc) is 3.15. The molecule has 1 atom stereocenters. The molecule has 6 heteroatoms. The maximum atomic E-state index is 12.2. The van der Waals surface area contributed by atoms with Gasteiger partial charge in [-0.2, -0.15) is 0 Å². The Bertz CT molecular complexity index is 835. The van der Waals surface area contributed by atoms with E-state index >= 15 is 0 Å². The average molecular weight is 366 g/mol. The van der Waals surface area contributed by atoms with Gasteiger partial charge in [-0.25, -0.2) is 4.98 Å². The molecule has 1 unspecified atom stereocenters. The number of para-hydroxylation sites is 1. The Morgan fingerprint density at radius 1 is 1.19 bits per heavy atom. The van der Waals surface area contributed by atoms with Crippen LogP contribution in [0.25, 0.3) is 10.7 Å². The fourth-order valence-corrected chi connectivity index (χ4v) is 3.33. The highest BCUT2D eigenvalue weighted by atomic mass is 32.1. The van der Waals surface area contributed by atoms with Crippen LogP contribution < -0.4 is 10.2 Å². The van der Waals surface area contributed by atoms with E-state index in [1.165, 1.54) is 11.3 Å². The van der Waals surface area contributed by atoms with Crippen molar-refractivity contribution in [3.05, 3.63) is 65.8 Å². The fraction of sp³-hybridized carbons (Fsp3) is 0.250. The minimum atomic E-state index is -0.0174. The van der Waals surface area contributed by atoms with Crippen LogP contribution in [-0.2, 0) is 11.2 Å². The zero-order chi connectivity index (χ0) is 18.4. The van der Waals surface area contributed by atoms with Crippen LogP contribution in [-0.4, -0.2) is 35.5 Å². The highest BCUT2D eigenvalue weighted by Gasteiger charge is 2.13. The maximum absolute atomic E-state index is 12.2. The van der Waals surface area contributed by atoms with Crippen LogP contribution in [0.3, 0.4) is 0 Å². The minimum absolute atomic E-state index is 0.0174. The lowest BCUT2D eigenvalue weighted by Crippen LogP contribution is -2.40. The number of hydrogen-bond donors (Lipinski definition) is 1. The first-order chi connectivity index (χ1) is 12.6. The lowest BCUT2D eigenvalue weighted by molar-refractivity contribution is -0.120. The molecule has 1 aromatic carbocycles. The number of aromatic nitrogens is 2. The number of carbonyl (C=O) groups is 1. The number of hydrogen-bond acceptors (Lipinski definition) is 5. The van der Waals surface area contributed by atoms with Gasteiger partial charge in [0.15, 0.2) is 0 Å². The van der Waals surface area contributed by atoms with E-state index in [2.05, 4.69) is 39.2 Å². The standard InChI is InChI=1S/C20H22N4OS/c1-15(24(2)17-8-4-3-5-9-17)13-22-19(25)12-16-14-26-20(23-16)18-10-6-7-11-21-18/h3-11,14-15H,12-13H2,1-2H3,(H,22,25). The summed E-state index contributed by atoms with van der Waals surface area (Å²) in [6.07, 6.45) is 2.03. The number of rotatable bonds is 7. The molecule has 0 radical (unpaired) electrons. The third-order valence-electron chi connectivity index (χ3n) is 4.20. The van der Waals surface area contributed by atoms with Crippen molar-refractivity contribution >= 4 is 22.9 Å². The van der Waals surface area contributed by atoms with Gasteiger partial charge in [-0.3, -0.25) is 9.78 Å². The molecule has 2 heterocycles. The topological polar surface area (TPSA) is 58.1 Å². The Morgan fingerprint density at radius 2 is 1.96 bits per heavy atom. The number of carbonyl (C=O) groups excluding carboxylic acids is 1. The Balaban J connectivity index is 1.51. The molecule has 0 saturated carbocycles. The molecule has 26 heavy (non-hydrogen) atoms. The normalized spacial score (nSPS) is 11.8. The zero-order valence-corrected chi connectivity index (χ0v) is 15.7. The van der Waals surface area contributed by atoms with Crippen molar-refractivity contribution in [1.82, 2.24) is 15.3 Å². The summed E-state index contributed by atoms with van der Waals surface area (Å²) in [5.41, 5.74) is 2.74. The lowest BCUT2D eigenvalue weighted by Gasteiger charge is -2.27. The Kier molecular flexibility index (Phi) is 5.96. The predicted molar refractivity (Wildman–Crippen MR) is 106 cm³/mol. The van der Waals surface area contributed by atoms with Crippen molar-refractivity contribution in [1.29, 1.82) is 0 Å². The van der Waals surface area contributed by atoms with Gasteiger partial charge in [0, 0.05) is 36.9 Å². The van der Waals surface area contributed by atoms with Crippen molar-refractivity contribution in [3.63, 3.8) is 0 Å². The van der Waals surface area contributed by atoms with E-state index in [0.29, 0.717) is 6.54 Å². The summed E-state index contributed by atoms with van der Waals surface area (Å²) in [6.45, 7) is 2.68. The van der Waals surface area contributed by atoms with E-state index in [1.54, 1.807) is 6.20 Å². The van der Waals surface area contributed by atoms with Gasteiger partial charge in [0.2, 0.25) is 5.91 Å². The number of thiazole rings is 1. The predicted octanol–water partition coefficient (Wildman–Crippen LogP) is 3.39. The Labute approximate surface area is 157 Å². The first-order valence-corrected chi connectivity index (χ1v) is 9.42. The number of nitrogens with zero attached hydrogens (tertiary/aromatic N) is 3. The second-order valence-corrected chi connectivity index (χ2v) is 6.99. The van der Waals surface area contributed by atoms with E-state index in [-0.39, 0.29) is 18.4 Å². The molecule has 0 bridgehead atoms. The molecule has 0 aliphatic heterocycles. The largest absolute Gasteiger partial charge is 0.370 e. The number of amides is 1. The molecule has 5 nitrogen and oxygen atoms in total. The molecular weight excluding hydrogens is 344 g/mol. The minimum Gasteiger partial charge on any atom is -0.370 e. The van der Waals surface area contributed by atoms with Gasteiger partial charge >= 0.3 is 0 Å². The number of likely N-dealkylation sites (N-methyl/N-ethyl adjacent to an activating group) is 1. The molecule has 0 aliphatic carbocycles. The molecule has 1 N–H and O–H groups in total. The van der Waals surface area contributed by atoms with Crippen LogP contribution in [0.2, 0.25) is 0 Å². The van der Waals surface area contributed by atoms with Crippen LogP contribution in [0.1, 0.15) is 12.6 Å². The first-order valence-electron chi connectivity index (χ1n) is 8.54. The monoisotopic (exact) mass is 366 g/mol. The summed E-state index contributed by atoms with van der Waals surface area (Å²) in [5, 5.41) is 5.76. The smallest absolute Gasteiger partial charge is 0.226 e. The molecule has 134 valence electrons. The van der Waals surface area contributed by atoms with Crippen molar-refractivity contribution < 1.29 is 4.79 Å². The van der Waals surface area contributed by atoms with Gasteiger partial charge in [0.05, 0.1) is 17.8 Å². The van der Waals surface area contributed by atoms with Crippen LogP contribution in [0, 0.1) is 0 Å². The zero-order valence-electron chi connectivity index (χ0n) is 14.9. The summed E-state index contributed by atoms with van der Waals surface area (Å²) in [7, 11) is 2.03. The quantitative estimate of drug-likeness (QED) is 0.696. The van der Waals surface area contributed by atoms with Crippen molar-refractivity contribution in [2.75, 3.05) is 18.5 Å². The first kappa shape index (κ1) is 18.1. The lowest BCUT2D eigenvalue weighted by atomic mass is 10.2. The number of pyridine rings is 1. The Hall–Kier alpha value is -2.73. The van der Waals surface area contributed by atoms with Crippen molar-refractivity contribution in [2.45, 2.75) is 19.4 Å². The summed E-state index contributed by atoms with van der Waals surface area (Å²) < 4.78 is 0. The van der Waals surface area contributed by atoms with Crippen LogP contribution in [0.5, 0.6) is 0 Å². The van der Waals surface area contributed by atoms with Crippen LogP contribution in [0.4, 0.5) is 5.69 Å². The van der Waals surface area contributed by atoms with Crippen molar-refractivity contribution in [2.24, 2.45) is 0 Å².